The Bertz CT molecular complexity index is 953. The first-order chi connectivity index (χ1) is 13.1. The third-order valence-electron chi connectivity index (χ3n) is 4.08. The van der Waals surface area contributed by atoms with Crippen molar-refractivity contribution in [1.29, 1.82) is 0 Å². The second-order valence-electron chi connectivity index (χ2n) is 5.81. The molecule has 27 heavy (non-hydrogen) atoms. The summed E-state index contributed by atoms with van der Waals surface area (Å²) in [5.41, 5.74) is 0. The number of hydrogen-bond acceptors (Lipinski definition) is 9. The molecule has 0 aromatic carbocycles. The van der Waals surface area contributed by atoms with E-state index in [0.29, 0.717) is 26.1 Å². The van der Waals surface area contributed by atoms with Gasteiger partial charge in [-0.2, -0.15) is 4.31 Å². The molecule has 4 heterocycles. The average molecular weight is 412 g/mol. The summed E-state index contributed by atoms with van der Waals surface area (Å²) in [6.45, 7) is 1.07. The summed E-state index contributed by atoms with van der Waals surface area (Å²) >= 11 is 1.12. The van der Waals surface area contributed by atoms with E-state index in [9.17, 15) is 13.2 Å². The van der Waals surface area contributed by atoms with Crippen LogP contribution in [0.2, 0.25) is 0 Å². The molecule has 1 N–H and O–H groups in total. The zero-order chi connectivity index (χ0) is 18.9. The van der Waals surface area contributed by atoms with Gasteiger partial charge < -0.3 is 13.9 Å². The van der Waals surface area contributed by atoms with Gasteiger partial charge in [-0.05, 0) is 24.3 Å². The van der Waals surface area contributed by atoms with Crippen LogP contribution in [0.3, 0.4) is 0 Å². The van der Waals surface area contributed by atoms with Crippen LogP contribution < -0.4 is 5.32 Å². The molecule has 4 rings (SSSR count). The van der Waals surface area contributed by atoms with Crippen LogP contribution in [0, 0.1) is 0 Å². The van der Waals surface area contributed by atoms with E-state index in [1.54, 1.807) is 11.4 Å². The lowest BCUT2D eigenvalue weighted by molar-refractivity contribution is -0.119. The molecule has 2 aliphatic heterocycles. The Labute approximate surface area is 158 Å². The average Bonchev–Trinajstić information content (AvgIpc) is 3.42. The number of nitrogens with zero attached hydrogens (tertiary/aromatic N) is 3. The number of anilines is 1. The molecular weight excluding hydrogens is 396 g/mol. The summed E-state index contributed by atoms with van der Waals surface area (Å²) in [6.07, 6.45) is 2.37. The van der Waals surface area contributed by atoms with Gasteiger partial charge in [-0.15, -0.1) is 16.4 Å². The highest BCUT2D eigenvalue weighted by molar-refractivity contribution is 7.91. The predicted molar refractivity (Wildman–Crippen MR) is 94.0 cm³/mol. The number of sulfonamides is 1. The minimum Gasteiger partial charge on any atom is -0.494 e. The van der Waals surface area contributed by atoms with Crippen molar-refractivity contribution < 1.29 is 27.1 Å². The van der Waals surface area contributed by atoms with E-state index in [1.165, 1.54) is 16.6 Å². The molecular formula is C15H16N4O6S2. The maximum atomic E-state index is 12.7. The van der Waals surface area contributed by atoms with Crippen LogP contribution in [0.1, 0.15) is 18.7 Å². The molecule has 144 valence electrons. The topological polar surface area (TPSA) is 124 Å². The number of amides is 1. The van der Waals surface area contributed by atoms with Gasteiger partial charge in [-0.3, -0.25) is 10.1 Å². The number of nitrogens with one attached hydrogen (secondary N) is 1. The summed E-state index contributed by atoms with van der Waals surface area (Å²) in [4.78, 5) is 12.6. The van der Waals surface area contributed by atoms with Crippen LogP contribution in [0.4, 0.5) is 6.01 Å². The van der Waals surface area contributed by atoms with E-state index >= 15 is 0 Å². The molecule has 1 unspecified atom stereocenters. The van der Waals surface area contributed by atoms with Gasteiger partial charge in [0.2, 0.25) is 11.7 Å². The second-order valence-corrected chi connectivity index (χ2v) is 8.87. The number of rotatable bonds is 5. The van der Waals surface area contributed by atoms with Crippen molar-refractivity contribution >= 4 is 39.0 Å². The van der Waals surface area contributed by atoms with Crippen molar-refractivity contribution in [3.63, 3.8) is 0 Å². The molecule has 10 nitrogen and oxygen atoms in total. The zero-order valence-corrected chi connectivity index (χ0v) is 15.7. The van der Waals surface area contributed by atoms with Crippen LogP contribution in [-0.4, -0.2) is 54.6 Å². The van der Waals surface area contributed by atoms with Crippen molar-refractivity contribution in [3.8, 4) is 0 Å². The van der Waals surface area contributed by atoms with Crippen LogP contribution in [0.25, 0.3) is 5.76 Å². The second kappa shape index (κ2) is 7.29. The summed E-state index contributed by atoms with van der Waals surface area (Å²) in [6, 6.07) is 2.22. The number of aromatic nitrogens is 2. The van der Waals surface area contributed by atoms with Gasteiger partial charge in [-0.25, -0.2) is 8.42 Å². The molecule has 2 aliphatic rings. The van der Waals surface area contributed by atoms with Gasteiger partial charge in [-0.1, -0.05) is 11.2 Å². The van der Waals surface area contributed by atoms with Crippen LogP contribution in [0.15, 0.2) is 32.4 Å². The normalized spacial score (nSPS) is 20.6. The first-order valence-electron chi connectivity index (χ1n) is 8.20. The fraction of sp³-hybridized carbons (Fsp3) is 0.400. The predicted octanol–water partition coefficient (Wildman–Crippen LogP) is 1.27. The third-order valence-corrected chi connectivity index (χ3v) is 7.36. The van der Waals surface area contributed by atoms with Crippen molar-refractivity contribution in [2.75, 3.05) is 25.1 Å². The van der Waals surface area contributed by atoms with Gasteiger partial charge in [0.25, 0.3) is 15.9 Å². The lowest BCUT2D eigenvalue weighted by atomic mass is 10.2. The van der Waals surface area contributed by atoms with E-state index in [-0.39, 0.29) is 28.4 Å². The monoisotopic (exact) mass is 412 g/mol. The van der Waals surface area contributed by atoms with Gasteiger partial charge >= 0.3 is 6.01 Å². The standard InChI is InChI=1S/C15H16N4O6S2/c20-13(16-15-18-17-14(25-15)11-9-23-6-7-24-11)10-3-1-5-19(10)27(21,22)12-4-2-8-26-12/h2,4,8-10H,1,3,5-7H2,(H,16,18,20). The molecule has 12 heteroatoms. The molecule has 1 fully saturated rings. The van der Waals surface area contributed by atoms with E-state index < -0.39 is 22.0 Å². The van der Waals surface area contributed by atoms with Crippen molar-refractivity contribution in [2.24, 2.45) is 0 Å². The maximum Gasteiger partial charge on any atom is 0.322 e. The van der Waals surface area contributed by atoms with Gasteiger partial charge in [0, 0.05) is 6.54 Å². The minimum atomic E-state index is -3.72. The first kappa shape index (κ1) is 17.9. The highest BCUT2D eigenvalue weighted by atomic mass is 32.2. The number of carbonyl (C=O) groups is 1. The SMILES string of the molecule is O=C(Nc1nnc(C2=COCCO2)o1)C1CCCN1S(=O)(=O)c1cccs1. The molecule has 1 amide bonds. The Hall–Kier alpha value is -2.44. The summed E-state index contributed by atoms with van der Waals surface area (Å²) in [5.74, 6) is -0.172. The van der Waals surface area contributed by atoms with Crippen molar-refractivity contribution in [1.82, 2.24) is 14.5 Å². The van der Waals surface area contributed by atoms with E-state index in [4.69, 9.17) is 13.9 Å². The Balaban J connectivity index is 1.48. The Morgan fingerprint density at radius 1 is 1.33 bits per heavy atom. The molecule has 0 radical (unpaired) electrons. The lowest BCUT2D eigenvalue weighted by Crippen LogP contribution is -2.42. The number of carbonyl (C=O) groups excluding carboxylic acids is 1. The van der Waals surface area contributed by atoms with Gasteiger partial charge in [0.15, 0.2) is 0 Å². The van der Waals surface area contributed by atoms with Crippen molar-refractivity contribution in [3.05, 3.63) is 29.7 Å². The molecule has 2 aromatic rings. The van der Waals surface area contributed by atoms with E-state index in [1.807, 2.05) is 0 Å². The van der Waals surface area contributed by atoms with E-state index in [2.05, 4.69) is 15.5 Å². The molecule has 0 spiro atoms. The quantitative estimate of drug-likeness (QED) is 0.779. The molecule has 0 bridgehead atoms. The summed E-state index contributed by atoms with van der Waals surface area (Å²) in [7, 11) is -3.72. The van der Waals surface area contributed by atoms with E-state index in [0.717, 1.165) is 11.3 Å². The fourth-order valence-corrected chi connectivity index (χ4v) is 5.63. The number of ether oxygens (including phenoxy) is 2. The lowest BCUT2D eigenvalue weighted by Gasteiger charge is -2.21. The van der Waals surface area contributed by atoms with Crippen molar-refractivity contribution in [2.45, 2.75) is 23.1 Å². The number of thiophene rings is 1. The summed E-state index contributed by atoms with van der Waals surface area (Å²) in [5, 5.41) is 11.7. The Morgan fingerprint density at radius 3 is 2.96 bits per heavy atom. The first-order valence-corrected chi connectivity index (χ1v) is 10.5. The largest absolute Gasteiger partial charge is 0.494 e. The molecule has 1 saturated heterocycles. The van der Waals surface area contributed by atoms with Crippen LogP contribution in [0.5, 0.6) is 0 Å². The minimum absolute atomic E-state index is 0.0690. The zero-order valence-electron chi connectivity index (χ0n) is 14.0. The van der Waals surface area contributed by atoms with Crippen LogP contribution in [-0.2, 0) is 24.3 Å². The molecule has 2 aromatic heterocycles. The highest BCUT2D eigenvalue weighted by Gasteiger charge is 2.40. The Morgan fingerprint density at radius 2 is 2.22 bits per heavy atom. The number of hydrogen-bond donors (Lipinski definition) is 1. The third kappa shape index (κ3) is 3.55. The molecule has 0 aliphatic carbocycles. The van der Waals surface area contributed by atoms with Gasteiger partial charge in [0.1, 0.15) is 29.7 Å². The fourth-order valence-electron chi connectivity index (χ4n) is 2.86. The Kier molecular flexibility index (Phi) is 4.85. The summed E-state index contributed by atoms with van der Waals surface area (Å²) < 4.78 is 42.7. The van der Waals surface area contributed by atoms with Gasteiger partial charge in [0.05, 0.1) is 0 Å². The highest BCUT2D eigenvalue weighted by Crippen LogP contribution is 2.29. The smallest absolute Gasteiger partial charge is 0.322 e. The molecule has 0 saturated carbocycles. The molecule has 1 atom stereocenters. The van der Waals surface area contributed by atoms with Crippen LogP contribution >= 0.6 is 11.3 Å². The maximum absolute atomic E-state index is 12.7.